The zero-order valence-corrected chi connectivity index (χ0v) is 10.3. The molecule has 1 aromatic heterocycles. The molecule has 2 aromatic rings. The predicted molar refractivity (Wildman–Crippen MR) is 71.8 cm³/mol. The summed E-state index contributed by atoms with van der Waals surface area (Å²) in [5.41, 5.74) is 7.08. The minimum absolute atomic E-state index is 0.0219. The number of aryl methyl sites for hydroxylation is 1. The summed E-state index contributed by atoms with van der Waals surface area (Å²) in [6, 6.07) is 10.9. The van der Waals surface area contributed by atoms with Crippen molar-refractivity contribution < 1.29 is 4.74 Å². The van der Waals surface area contributed by atoms with Crippen LogP contribution >= 0.6 is 0 Å². The molecule has 0 spiro atoms. The van der Waals surface area contributed by atoms with E-state index < -0.39 is 0 Å². The zero-order valence-electron chi connectivity index (χ0n) is 10.3. The maximum Gasteiger partial charge on any atom is 0.253 e. The average Bonchev–Trinajstić information content (AvgIpc) is 2.35. The molecule has 0 saturated carbocycles. The fourth-order valence-electron chi connectivity index (χ4n) is 1.70. The number of ether oxygens (including phenoxy) is 1. The van der Waals surface area contributed by atoms with Gasteiger partial charge in [-0.1, -0.05) is 12.1 Å². The molecule has 4 nitrogen and oxygen atoms in total. The number of anilines is 1. The van der Waals surface area contributed by atoms with Crippen LogP contribution in [0.4, 0.5) is 5.69 Å². The first-order chi connectivity index (χ1) is 8.66. The van der Waals surface area contributed by atoms with Crippen LogP contribution in [0.5, 0.6) is 5.75 Å². The van der Waals surface area contributed by atoms with Crippen LogP contribution in [0.1, 0.15) is 5.56 Å². The summed E-state index contributed by atoms with van der Waals surface area (Å²) in [4.78, 5) is 11.8. The molecule has 94 valence electrons. The molecule has 2 N–H and O–H groups in total. The first-order valence-corrected chi connectivity index (χ1v) is 5.81. The first kappa shape index (κ1) is 12.2. The van der Waals surface area contributed by atoms with Gasteiger partial charge in [0.1, 0.15) is 12.4 Å². The standard InChI is InChI=1S/C14H16N2O2/c1-11-4-3-7-16(14(11)17)8-9-18-13-6-2-5-12(15)10-13/h2-7,10H,8-9,15H2,1H3. The van der Waals surface area contributed by atoms with Gasteiger partial charge in [0.25, 0.3) is 5.56 Å². The van der Waals surface area contributed by atoms with E-state index in [9.17, 15) is 4.79 Å². The highest BCUT2D eigenvalue weighted by molar-refractivity contribution is 5.43. The molecule has 0 aliphatic carbocycles. The van der Waals surface area contributed by atoms with Crippen molar-refractivity contribution in [1.29, 1.82) is 0 Å². The Balaban J connectivity index is 1.97. The Kier molecular flexibility index (Phi) is 3.67. The molecule has 0 amide bonds. The summed E-state index contributed by atoms with van der Waals surface area (Å²) >= 11 is 0. The summed E-state index contributed by atoms with van der Waals surface area (Å²) in [5, 5.41) is 0. The zero-order chi connectivity index (χ0) is 13.0. The lowest BCUT2D eigenvalue weighted by molar-refractivity contribution is 0.296. The Morgan fingerprint density at radius 1 is 1.28 bits per heavy atom. The van der Waals surface area contributed by atoms with Gasteiger partial charge >= 0.3 is 0 Å². The SMILES string of the molecule is Cc1cccn(CCOc2cccc(N)c2)c1=O. The van der Waals surface area contributed by atoms with Crippen molar-refractivity contribution in [2.75, 3.05) is 12.3 Å². The second-order valence-electron chi connectivity index (χ2n) is 4.11. The van der Waals surface area contributed by atoms with Crippen LogP contribution in [0.2, 0.25) is 0 Å². The van der Waals surface area contributed by atoms with E-state index in [1.165, 1.54) is 0 Å². The van der Waals surface area contributed by atoms with E-state index in [0.717, 1.165) is 11.3 Å². The van der Waals surface area contributed by atoms with E-state index in [4.69, 9.17) is 10.5 Å². The third-order valence-electron chi connectivity index (χ3n) is 2.67. The van der Waals surface area contributed by atoms with Crippen LogP contribution in [0, 0.1) is 6.92 Å². The number of nitrogen functional groups attached to an aromatic ring is 1. The van der Waals surface area contributed by atoms with Gasteiger partial charge in [-0.15, -0.1) is 0 Å². The molecular formula is C14H16N2O2. The molecule has 1 aromatic carbocycles. The van der Waals surface area contributed by atoms with Gasteiger partial charge in [-0.25, -0.2) is 0 Å². The third kappa shape index (κ3) is 2.91. The predicted octanol–water partition coefficient (Wildman–Crippen LogP) is 1.82. The van der Waals surface area contributed by atoms with Crippen LogP contribution in [0.3, 0.4) is 0 Å². The van der Waals surface area contributed by atoms with Crippen molar-refractivity contribution in [3.05, 3.63) is 58.5 Å². The van der Waals surface area contributed by atoms with Crippen LogP contribution in [0.25, 0.3) is 0 Å². The van der Waals surface area contributed by atoms with Gasteiger partial charge in [-0.3, -0.25) is 4.79 Å². The van der Waals surface area contributed by atoms with E-state index in [1.54, 1.807) is 35.9 Å². The smallest absolute Gasteiger partial charge is 0.253 e. The summed E-state index contributed by atoms with van der Waals surface area (Å²) in [6.07, 6.45) is 1.76. The third-order valence-corrected chi connectivity index (χ3v) is 2.67. The monoisotopic (exact) mass is 244 g/mol. The molecule has 0 unspecified atom stereocenters. The number of nitrogens with zero attached hydrogens (tertiary/aromatic N) is 1. The molecule has 4 heteroatoms. The van der Waals surface area contributed by atoms with Crippen molar-refractivity contribution in [3.8, 4) is 5.75 Å². The number of hydrogen-bond acceptors (Lipinski definition) is 3. The summed E-state index contributed by atoms with van der Waals surface area (Å²) in [5.74, 6) is 0.718. The highest BCUT2D eigenvalue weighted by Gasteiger charge is 1.99. The van der Waals surface area contributed by atoms with Crippen molar-refractivity contribution in [2.45, 2.75) is 13.5 Å². The molecule has 0 fully saturated rings. The van der Waals surface area contributed by atoms with Gasteiger partial charge in [0, 0.05) is 23.5 Å². The van der Waals surface area contributed by atoms with E-state index in [1.807, 2.05) is 18.2 Å². The van der Waals surface area contributed by atoms with Crippen LogP contribution in [-0.4, -0.2) is 11.2 Å². The first-order valence-electron chi connectivity index (χ1n) is 5.81. The van der Waals surface area contributed by atoms with E-state index in [-0.39, 0.29) is 5.56 Å². The number of pyridine rings is 1. The second kappa shape index (κ2) is 5.40. The lowest BCUT2D eigenvalue weighted by Crippen LogP contribution is -2.23. The topological polar surface area (TPSA) is 57.2 Å². The lowest BCUT2D eigenvalue weighted by Gasteiger charge is -2.09. The van der Waals surface area contributed by atoms with Gasteiger partial charge in [0.2, 0.25) is 0 Å². The van der Waals surface area contributed by atoms with Crippen LogP contribution in [0.15, 0.2) is 47.4 Å². The molecule has 2 rings (SSSR count). The number of rotatable bonds is 4. The van der Waals surface area contributed by atoms with Crippen molar-refractivity contribution >= 4 is 5.69 Å². The van der Waals surface area contributed by atoms with Gasteiger partial charge in [-0.2, -0.15) is 0 Å². The Morgan fingerprint density at radius 3 is 2.89 bits per heavy atom. The van der Waals surface area contributed by atoms with E-state index in [0.29, 0.717) is 18.8 Å². The Labute approximate surface area is 106 Å². The average molecular weight is 244 g/mol. The van der Waals surface area contributed by atoms with Crippen LogP contribution in [-0.2, 0) is 6.54 Å². The molecule has 1 heterocycles. The quantitative estimate of drug-likeness (QED) is 0.835. The fourth-order valence-corrected chi connectivity index (χ4v) is 1.70. The normalized spacial score (nSPS) is 10.3. The van der Waals surface area contributed by atoms with Gasteiger partial charge in [0.05, 0.1) is 6.54 Å². The largest absolute Gasteiger partial charge is 0.492 e. The molecule has 0 saturated heterocycles. The molecular weight excluding hydrogens is 228 g/mol. The minimum Gasteiger partial charge on any atom is -0.492 e. The van der Waals surface area contributed by atoms with Gasteiger partial charge < -0.3 is 15.0 Å². The summed E-state index contributed by atoms with van der Waals surface area (Å²) < 4.78 is 7.19. The van der Waals surface area contributed by atoms with Crippen molar-refractivity contribution in [1.82, 2.24) is 4.57 Å². The molecule has 0 atom stereocenters. The van der Waals surface area contributed by atoms with Crippen molar-refractivity contribution in [2.24, 2.45) is 0 Å². The van der Waals surface area contributed by atoms with E-state index >= 15 is 0 Å². The molecule has 0 bridgehead atoms. The Morgan fingerprint density at radius 2 is 2.11 bits per heavy atom. The maximum absolute atomic E-state index is 11.8. The summed E-state index contributed by atoms with van der Waals surface area (Å²) in [7, 11) is 0. The highest BCUT2D eigenvalue weighted by atomic mass is 16.5. The minimum atomic E-state index is 0.0219. The van der Waals surface area contributed by atoms with E-state index in [2.05, 4.69) is 0 Å². The molecule has 0 radical (unpaired) electrons. The Bertz CT molecular complexity index is 590. The Hall–Kier alpha value is -2.23. The fraction of sp³-hybridized carbons (Fsp3) is 0.214. The lowest BCUT2D eigenvalue weighted by atomic mass is 10.3. The number of hydrogen-bond donors (Lipinski definition) is 1. The maximum atomic E-state index is 11.8. The molecule has 0 aliphatic heterocycles. The number of benzene rings is 1. The number of nitrogens with two attached hydrogens (primary N) is 1. The summed E-state index contributed by atoms with van der Waals surface area (Å²) in [6.45, 7) is 2.76. The second-order valence-corrected chi connectivity index (χ2v) is 4.11. The van der Waals surface area contributed by atoms with Crippen LogP contribution < -0.4 is 16.0 Å². The molecule has 0 aliphatic rings. The van der Waals surface area contributed by atoms with Crippen molar-refractivity contribution in [3.63, 3.8) is 0 Å². The van der Waals surface area contributed by atoms with Gasteiger partial charge in [-0.05, 0) is 25.1 Å². The van der Waals surface area contributed by atoms with Gasteiger partial charge in [0.15, 0.2) is 0 Å². The highest BCUT2D eigenvalue weighted by Crippen LogP contribution is 2.14. The molecule has 18 heavy (non-hydrogen) atoms. The number of aromatic nitrogens is 1.